The van der Waals surface area contributed by atoms with E-state index in [-0.39, 0.29) is 17.7 Å². The van der Waals surface area contributed by atoms with E-state index in [1.54, 1.807) is 12.1 Å². The maximum atomic E-state index is 12.6. The van der Waals surface area contributed by atoms with Crippen LogP contribution in [0, 0.1) is 5.92 Å². The molecule has 0 spiro atoms. The van der Waals surface area contributed by atoms with Gasteiger partial charge in [-0.15, -0.1) is 0 Å². The molecule has 2 amide bonds. The standard InChI is InChI=1S/C22H27BrN2O4/c1-5-14(3)21(26)25-17-9-7-8-15(10-17)13-24-22(27)16-11-18(23)20(29-6-2)19(12-16)28-4/h7-12,14H,5-6,13H2,1-4H3,(H,24,27)(H,25,26). The van der Waals surface area contributed by atoms with Crippen LogP contribution in [-0.2, 0) is 11.3 Å². The highest BCUT2D eigenvalue weighted by atomic mass is 79.9. The minimum Gasteiger partial charge on any atom is -0.493 e. The molecule has 2 aromatic rings. The molecule has 0 saturated heterocycles. The molecule has 29 heavy (non-hydrogen) atoms. The van der Waals surface area contributed by atoms with Gasteiger partial charge in [0.25, 0.3) is 5.91 Å². The third-order valence-electron chi connectivity index (χ3n) is 4.49. The molecule has 0 aliphatic heterocycles. The summed E-state index contributed by atoms with van der Waals surface area (Å²) in [6.07, 6.45) is 0.780. The first-order valence-corrected chi connectivity index (χ1v) is 10.4. The second kappa shape index (κ2) is 10.9. The average Bonchev–Trinajstić information content (AvgIpc) is 2.72. The number of rotatable bonds is 9. The summed E-state index contributed by atoms with van der Waals surface area (Å²) < 4.78 is 11.5. The fraction of sp³-hybridized carbons (Fsp3) is 0.364. The highest BCUT2D eigenvalue weighted by Crippen LogP contribution is 2.36. The molecule has 0 radical (unpaired) electrons. The van der Waals surface area contributed by atoms with E-state index >= 15 is 0 Å². The van der Waals surface area contributed by atoms with E-state index in [0.29, 0.717) is 40.4 Å². The molecule has 7 heteroatoms. The normalized spacial score (nSPS) is 11.5. The second-order valence-electron chi connectivity index (χ2n) is 6.60. The molecule has 0 aliphatic carbocycles. The number of carbonyl (C=O) groups is 2. The maximum Gasteiger partial charge on any atom is 0.251 e. The third kappa shape index (κ3) is 6.22. The van der Waals surface area contributed by atoms with Crippen molar-refractivity contribution in [3.05, 3.63) is 52.0 Å². The topological polar surface area (TPSA) is 76.7 Å². The van der Waals surface area contributed by atoms with Crippen molar-refractivity contribution in [2.24, 2.45) is 5.92 Å². The molecular formula is C22H27BrN2O4. The van der Waals surface area contributed by atoms with E-state index < -0.39 is 0 Å². The monoisotopic (exact) mass is 462 g/mol. The summed E-state index contributed by atoms with van der Waals surface area (Å²) in [6.45, 7) is 6.57. The summed E-state index contributed by atoms with van der Waals surface area (Å²) in [7, 11) is 1.53. The van der Waals surface area contributed by atoms with Gasteiger partial charge in [-0.1, -0.05) is 26.0 Å². The van der Waals surface area contributed by atoms with Gasteiger partial charge in [-0.25, -0.2) is 0 Å². The lowest BCUT2D eigenvalue weighted by molar-refractivity contribution is -0.119. The van der Waals surface area contributed by atoms with Crippen LogP contribution < -0.4 is 20.1 Å². The zero-order chi connectivity index (χ0) is 21.4. The van der Waals surface area contributed by atoms with Gasteiger partial charge in [0, 0.05) is 23.7 Å². The summed E-state index contributed by atoms with van der Waals surface area (Å²) in [5.41, 5.74) is 2.06. The van der Waals surface area contributed by atoms with Crippen LogP contribution in [0.4, 0.5) is 5.69 Å². The molecule has 156 valence electrons. The van der Waals surface area contributed by atoms with Crippen molar-refractivity contribution in [1.29, 1.82) is 0 Å². The largest absolute Gasteiger partial charge is 0.493 e. The lowest BCUT2D eigenvalue weighted by Gasteiger charge is -2.14. The first kappa shape index (κ1) is 22.7. The van der Waals surface area contributed by atoms with Crippen LogP contribution in [0.5, 0.6) is 11.5 Å². The maximum absolute atomic E-state index is 12.6. The number of methoxy groups -OCH3 is 1. The number of hydrogen-bond acceptors (Lipinski definition) is 4. The Bertz CT molecular complexity index is 870. The zero-order valence-corrected chi connectivity index (χ0v) is 18.8. The van der Waals surface area contributed by atoms with Crippen molar-refractivity contribution in [1.82, 2.24) is 5.32 Å². The Hall–Kier alpha value is -2.54. The number of halogens is 1. The lowest BCUT2D eigenvalue weighted by Crippen LogP contribution is -2.23. The molecule has 2 N–H and O–H groups in total. The van der Waals surface area contributed by atoms with Crippen molar-refractivity contribution < 1.29 is 19.1 Å². The van der Waals surface area contributed by atoms with Crippen LogP contribution in [0.1, 0.15) is 43.1 Å². The number of hydrogen-bond donors (Lipinski definition) is 2. The molecule has 0 aromatic heterocycles. The summed E-state index contributed by atoms with van der Waals surface area (Å²) in [5, 5.41) is 5.80. The highest BCUT2D eigenvalue weighted by molar-refractivity contribution is 9.10. The van der Waals surface area contributed by atoms with Gasteiger partial charge in [-0.2, -0.15) is 0 Å². The smallest absolute Gasteiger partial charge is 0.251 e. The average molecular weight is 463 g/mol. The predicted molar refractivity (Wildman–Crippen MR) is 118 cm³/mol. The minimum atomic E-state index is -0.235. The van der Waals surface area contributed by atoms with E-state index in [1.165, 1.54) is 7.11 Å². The van der Waals surface area contributed by atoms with E-state index in [1.807, 2.05) is 45.0 Å². The molecular weight excluding hydrogens is 436 g/mol. The lowest BCUT2D eigenvalue weighted by atomic mass is 10.1. The van der Waals surface area contributed by atoms with Crippen molar-refractivity contribution in [3.63, 3.8) is 0 Å². The summed E-state index contributed by atoms with van der Waals surface area (Å²) in [4.78, 5) is 24.7. The Morgan fingerprint density at radius 1 is 1.17 bits per heavy atom. The fourth-order valence-electron chi connectivity index (χ4n) is 2.63. The van der Waals surface area contributed by atoms with Crippen LogP contribution in [-0.4, -0.2) is 25.5 Å². The second-order valence-corrected chi connectivity index (χ2v) is 7.46. The molecule has 0 aliphatic rings. The highest BCUT2D eigenvalue weighted by Gasteiger charge is 2.15. The predicted octanol–water partition coefficient (Wildman–Crippen LogP) is 4.77. The quantitative estimate of drug-likeness (QED) is 0.562. The zero-order valence-electron chi connectivity index (χ0n) is 17.2. The number of nitrogens with one attached hydrogen (secondary N) is 2. The number of amides is 2. The first-order valence-electron chi connectivity index (χ1n) is 9.57. The van der Waals surface area contributed by atoms with Gasteiger partial charge in [0.2, 0.25) is 5.91 Å². The summed E-state index contributed by atoms with van der Waals surface area (Å²) in [6, 6.07) is 10.8. The van der Waals surface area contributed by atoms with Gasteiger partial charge < -0.3 is 20.1 Å². The van der Waals surface area contributed by atoms with Crippen molar-refractivity contribution in [2.75, 3.05) is 19.0 Å². The summed E-state index contributed by atoms with van der Waals surface area (Å²) >= 11 is 3.43. The van der Waals surface area contributed by atoms with E-state index in [9.17, 15) is 9.59 Å². The Morgan fingerprint density at radius 3 is 2.59 bits per heavy atom. The van der Waals surface area contributed by atoms with Crippen LogP contribution in [0.25, 0.3) is 0 Å². The van der Waals surface area contributed by atoms with Crippen molar-refractivity contribution >= 4 is 33.4 Å². The first-order chi connectivity index (χ1) is 13.9. The molecule has 0 bridgehead atoms. The van der Waals surface area contributed by atoms with E-state index in [0.717, 1.165) is 12.0 Å². The van der Waals surface area contributed by atoms with Crippen LogP contribution in [0.2, 0.25) is 0 Å². The van der Waals surface area contributed by atoms with E-state index in [2.05, 4.69) is 26.6 Å². The molecule has 1 atom stereocenters. The molecule has 0 heterocycles. The Morgan fingerprint density at radius 2 is 1.93 bits per heavy atom. The number of benzene rings is 2. The molecule has 0 saturated carbocycles. The molecule has 1 unspecified atom stereocenters. The fourth-order valence-corrected chi connectivity index (χ4v) is 3.19. The number of ether oxygens (including phenoxy) is 2. The molecule has 2 aromatic carbocycles. The number of anilines is 1. The third-order valence-corrected chi connectivity index (χ3v) is 5.08. The Labute approximate surface area is 180 Å². The van der Waals surface area contributed by atoms with Crippen LogP contribution >= 0.6 is 15.9 Å². The Balaban J connectivity index is 2.07. The van der Waals surface area contributed by atoms with Crippen molar-refractivity contribution in [3.8, 4) is 11.5 Å². The van der Waals surface area contributed by atoms with E-state index in [4.69, 9.17) is 9.47 Å². The van der Waals surface area contributed by atoms with Gasteiger partial charge in [0.1, 0.15) is 0 Å². The van der Waals surface area contributed by atoms with Crippen LogP contribution in [0.3, 0.4) is 0 Å². The van der Waals surface area contributed by atoms with Gasteiger partial charge in [0.05, 0.1) is 18.2 Å². The van der Waals surface area contributed by atoms with Gasteiger partial charge in [-0.3, -0.25) is 9.59 Å². The SMILES string of the molecule is CCOc1c(Br)cc(C(=O)NCc2cccc(NC(=O)C(C)CC)c2)cc1OC. The van der Waals surface area contributed by atoms with Crippen LogP contribution in [0.15, 0.2) is 40.9 Å². The molecule has 6 nitrogen and oxygen atoms in total. The van der Waals surface area contributed by atoms with Gasteiger partial charge in [0.15, 0.2) is 11.5 Å². The molecule has 0 fully saturated rings. The van der Waals surface area contributed by atoms with Gasteiger partial charge >= 0.3 is 0 Å². The van der Waals surface area contributed by atoms with Crippen molar-refractivity contribution in [2.45, 2.75) is 33.7 Å². The van der Waals surface area contributed by atoms with Gasteiger partial charge in [-0.05, 0) is 59.1 Å². The number of carbonyl (C=O) groups excluding carboxylic acids is 2. The Kier molecular flexibility index (Phi) is 8.51. The molecule has 2 rings (SSSR count). The summed E-state index contributed by atoms with van der Waals surface area (Å²) in [5.74, 6) is 0.755. The minimum absolute atomic E-state index is 0.0139.